The van der Waals surface area contributed by atoms with Crippen molar-refractivity contribution < 1.29 is 14.3 Å². The molecule has 0 saturated carbocycles. The second kappa shape index (κ2) is 7.04. The van der Waals surface area contributed by atoms with Gasteiger partial charge in [-0.3, -0.25) is 4.79 Å². The summed E-state index contributed by atoms with van der Waals surface area (Å²) in [5, 5.41) is 5.45. The number of rotatable bonds is 5. The Morgan fingerprint density at radius 2 is 2.09 bits per heavy atom. The summed E-state index contributed by atoms with van der Waals surface area (Å²) in [6.45, 7) is 4.04. The molecule has 0 atom stereocenters. The maximum Gasteiger partial charge on any atom is 0.275 e. The van der Waals surface area contributed by atoms with Crippen molar-refractivity contribution >= 4 is 17.7 Å². The van der Waals surface area contributed by atoms with Crippen molar-refractivity contribution in [2.45, 2.75) is 13.8 Å². The molecule has 1 amide bonds. The molecule has 0 radical (unpaired) electrons. The maximum absolute atomic E-state index is 11.8. The number of allylic oxidation sites excluding steroid dienone is 2. The van der Waals surface area contributed by atoms with E-state index in [-0.39, 0.29) is 12.7 Å². The average Bonchev–Trinajstić information content (AvgIpc) is 2.72. The Bertz CT molecular complexity index is 660. The smallest absolute Gasteiger partial charge is 0.275 e. The molecule has 0 saturated heterocycles. The van der Waals surface area contributed by atoms with Gasteiger partial charge in [0.15, 0.2) is 6.79 Å². The third-order valence-corrected chi connectivity index (χ3v) is 3.30. The van der Waals surface area contributed by atoms with Gasteiger partial charge in [0.1, 0.15) is 5.75 Å². The number of carbonyl (C=O) groups excluding carboxylic acids is 1. The molecule has 0 fully saturated rings. The monoisotopic (exact) mass is 300 g/mol. The number of likely N-dealkylation sites (N-methyl/N-ethyl adjacent to an activating group) is 1. The number of aryl methyl sites for hydroxylation is 1. The minimum Gasteiger partial charge on any atom is -0.467 e. The quantitative estimate of drug-likeness (QED) is 0.620. The number of carbonyl (C=O) groups is 1. The summed E-state index contributed by atoms with van der Waals surface area (Å²) in [6.07, 6.45) is 5.59. The van der Waals surface area contributed by atoms with E-state index in [1.165, 1.54) is 5.01 Å². The van der Waals surface area contributed by atoms with E-state index in [0.29, 0.717) is 5.57 Å². The minimum atomic E-state index is -0.0818. The highest BCUT2D eigenvalue weighted by molar-refractivity contribution is 6.23. The number of ether oxygens (including phenoxy) is 2. The molecule has 0 aromatic heterocycles. The lowest BCUT2D eigenvalue weighted by atomic mass is 10.1. The van der Waals surface area contributed by atoms with Crippen LogP contribution in [0.4, 0.5) is 0 Å². The molecular formula is C17H20N2O3. The van der Waals surface area contributed by atoms with E-state index in [2.05, 4.69) is 5.10 Å². The normalized spacial score (nSPS) is 16.7. The third kappa shape index (κ3) is 3.62. The number of hydrogen-bond acceptors (Lipinski definition) is 4. The van der Waals surface area contributed by atoms with E-state index < -0.39 is 0 Å². The summed E-state index contributed by atoms with van der Waals surface area (Å²) < 4.78 is 10.3. The van der Waals surface area contributed by atoms with E-state index in [1.807, 2.05) is 44.2 Å². The van der Waals surface area contributed by atoms with Gasteiger partial charge in [0.2, 0.25) is 0 Å². The van der Waals surface area contributed by atoms with E-state index in [9.17, 15) is 4.79 Å². The first kappa shape index (κ1) is 16.0. The van der Waals surface area contributed by atoms with Crippen LogP contribution in [0.3, 0.4) is 0 Å². The predicted octanol–water partition coefficient (Wildman–Crippen LogP) is 2.77. The van der Waals surface area contributed by atoms with Gasteiger partial charge in [0.05, 0.1) is 11.3 Å². The summed E-state index contributed by atoms with van der Waals surface area (Å²) in [7, 11) is 3.24. The molecule has 1 aliphatic heterocycles. The summed E-state index contributed by atoms with van der Waals surface area (Å²) in [4.78, 5) is 11.8. The number of hydrogen-bond donors (Lipinski definition) is 0. The van der Waals surface area contributed by atoms with Crippen molar-refractivity contribution in [3.63, 3.8) is 0 Å². The zero-order chi connectivity index (χ0) is 16.1. The Hall–Kier alpha value is -2.40. The fraction of sp³-hybridized carbons (Fsp3) is 0.294. The van der Waals surface area contributed by atoms with Crippen LogP contribution in [0.1, 0.15) is 18.1 Å². The second-order valence-electron chi connectivity index (χ2n) is 5.03. The Morgan fingerprint density at radius 1 is 1.32 bits per heavy atom. The maximum atomic E-state index is 11.8. The molecule has 22 heavy (non-hydrogen) atoms. The molecule has 0 N–H and O–H groups in total. The number of nitrogens with zero attached hydrogens (tertiary/aromatic N) is 2. The van der Waals surface area contributed by atoms with Gasteiger partial charge >= 0.3 is 0 Å². The molecule has 5 nitrogen and oxygen atoms in total. The van der Waals surface area contributed by atoms with E-state index in [0.717, 1.165) is 22.6 Å². The molecule has 0 bridgehead atoms. The molecule has 116 valence electrons. The molecular weight excluding hydrogens is 280 g/mol. The van der Waals surface area contributed by atoms with Crippen LogP contribution in [0.2, 0.25) is 0 Å². The minimum absolute atomic E-state index is 0.0818. The van der Waals surface area contributed by atoms with Gasteiger partial charge in [0.25, 0.3) is 5.91 Å². The Kier molecular flexibility index (Phi) is 5.12. The molecule has 1 heterocycles. The van der Waals surface area contributed by atoms with Crippen LogP contribution in [-0.2, 0) is 9.53 Å². The van der Waals surface area contributed by atoms with E-state index in [4.69, 9.17) is 9.47 Å². The lowest BCUT2D eigenvalue weighted by molar-refractivity contribution is -0.124. The van der Waals surface area contributed by atoms with Crippen molar-refractivity contribution in [2.24, 2.45) is 5.10 Å². The van der Waals surface area contributed by atoms with Crippen molar-refractivity contribution in [2.75, 3.05) is 21.0 Å². The fourth-order valence-electron chi connectivity index (χ4n) is 2.16. The van der Waals surface area contributed by atoms with Crippen molar-refractivity contribution in [3.8, 4) is 5.75 Å². The molecule has 5 heteroatoms. The van der Waals surface area contributed by atoms with Crippen molar-refractivity contribution in [1.82, 2.24) is 5.01 Å². The van der Waals surface area contributed by atoms with Crippen LogP contribution in [0.15, 0.2) is 41.0 Å². The molecule has 1 aromatic rings. The summed E-state index contributed by atoms with van der Waals surface area (Å²) in [5.41, 5.74) is 3.42. The van der Waals surface area contributed by atoms with E-state index in [1.54, 1.807) is 20.2 Å². The van der Waals surface area contributed by atoms with Gasteiger partial charge < -0.3 is 9.47 Å². The molecule has 0 spiro atoms. The molecule has 1 aliphatic rings. The highest BCUT2D eigenvalue weighted by Gasteiger charge is 2.23. The number of hydrazone groups is 1. The molecule has 2 rings (SSSR count). The lowest BCUT2D eigenvalue weighted by Crippen LogP contribution is -2.16. The number of benzene rings is 1. The van der Waals surface area contributed by atoms with Gasteiger partial charge in [0, 0.05) is 14.2 Å². The highest BCUT2D eigenvalue weighted by atomic mass is 16.7. The first-order chi connectivity index (χ1) is 10.5. The van der Waals surface area contributed by atoms with Crippen molar-refractivity contribution in [1.29, 1.82) is 0 Å². The van der Waals surface area contributed by atoms with Gasteiger partial charge in [-0.25, -0.2) is 5.01 Å². The van der Waals surface area contributed by atoms with Crippen LogP contribution in [-0.4, -0.2) is 37.6 Å². The van der Waals surface area contributed by atoms with Gasteiger partial charge in [-0.2, -0.15) is 5.10 Å². The van der Waals surface area contributed by atoms with Crippen LogP contribution in [0.25, 0.3) is 6.08 Å². The van der Waals surface area contributed by atoms with Crippen LogP contribution in [0.5, 0.6) is 5.75 Å². The van der Waals surface area contributed by atoms with Gasteiger partial charge in [-0.05, 0) is 43.2 Å². The van der Waals surface area contributed by atoms with Crippen LogP contribution in [0, 0.1) is 6.92 Å². The predicted molar refractivity (Wildman–Crippen MR) is 86.7 cm³/mol. The molecule has 0 aliphatic carbocycles. The summed E-state index contributed by atoms with van der Waals surface area (Å²) in [5.74, 6) is 0.717. The first-order valence-electron chi connectivity index (χ1n) is 6.97. The summed E-state index contributed by atoms with van der Waals surface area (Å²) in [6, 6.07) is 5.88. The molecule has 1 aromatic carbocycles. The number of amides is 1. The molecule has 0 unspecified atom stereocenters. The third-order valence-electron chi connectivity index (χ3n) is 3.30. The zero-order valence-electron chi connectivity index (χ0n) is 13.3. The van der Waals surface area contributed by atoms with Crippen molar-refractivity contribution in [3.05, 3.63) is 47.1 Å². The lowest BCUT2D eigenvalue weighted by Gasteiger charge is -2.08. The Balaban J connectivity index is 2.09. The average molecular weight is 300 g/mol. The SMILES string of the molecule is COCOc1ccc(/C=C/C=C2/C(=O)N(C)N=C2C)cc1C. The standard InChI is InChI=1S/C17H20N2O3/c1-12-10-14(8-9-16(12)22-11-21-4)6-5-7-15-13(2)18-19(3)17(15)20/h5-10H,11H2,1-4H3/b6-5+,15-7+. The topological polar surface area (TPSA) is 51.1 Å². The van der Waals surface area contributed by atoms with Gasteiger partial charge in [-0.1, -0.05) is 18.2 Å². The number of methoxy groups -OCH3 is 1. The fourth-order valence-corrected chi connectivity index (χ4v) is 2.16. The highest BCUT2D eigenvalue weighted by Crippen LogP contribution is 2.20. The largest absolute Gasteiger partial charge is 0.467 e. The summed E-state index contributed by atoms with van der Waals surface area (Å²) >= 11 is 0. The van der Waals surface area contributed by atoms with Crippen LogP contribution < -0.4 is 4.74 Å². The Morgan fingerprint density at radius 3 is 2.68 bits per heavy atom. The van der Waals surface area contributed by atoms with Gasteiger partial charge in [-0.15, -0.1) is 0 Å². The van der Waals surface area contributed by atoms with Crippen LogP contribution >= 0.6 is 0 Å². The second-order valence-corrected chi connectivity index (χ2v) is 5.03. The van der Waals surface area contributed by atoms with E-state index >= 15 is 0 Å². The first-order valence-corrected chi connectivity index (χ1v) is 6.97. The zero-order valence-corrected chi connectivity index (χ0v) is 13.3. The Labute approximate surface area is 130 Å².